The van der Waals surface area contributed by atoms with Crippen molar-refractivity contribution in [2.75, 3.05) is 15.9 Å². The van der Waals surface area contributed by atoms with Gasteiger partial charge >= 0.3 is 0 Å². The summed E-state index contributed by atoms with van der Waals surface area (Å²) in [4.78, 5) is 17.0. The zero-order valence-electron chi connectivity index (χ0n) is 17.3. The second kappa shape index (κ2) is 9.70. The third kappa shape index (κ3) is 5.88. The zero-order chi connectivity index (χ0) is 22.4. The van der Waals surface area contributed by atoms with E-state index >= 15 is 0 Å². The average Bonchev–Trinajstić information content (AvgIpc) is 2.74. The number of benzene rings is 2. The third-order valence-electron chi connectivity index (χ3n) is 4.79. The topological polar surface area (TPSA) is 79.4 Å². The highest BCUT2D eigenvalue weighted by Crippen LogP contribution is 2.24. The predicted octanol–water partition coefficient (Wildman–Crippen LogP) is 3.99. The van der Waals surface area contributed by atoms with Crippen molar-refractivity contribution in [2.24, 2.45) is 0 Å². The molecule has 1 atom stereocenters. The quantitative estimate of drug-likeness (QED) is 0.573. The largest absolute Gasteiger partial charge is 0.324 e. The van der Waals surface area contributed by atoms with E-state index in [1.54, 1.807) is 31.5 Å². The van der Waals surface area contributed by atoms with E-state index in [-0.39, 0.29) is 12.1 Å². The van der Waals surface area contributed by atoms with Gasteiger partial charge in [-0.1, -0.05) is 19.1 Å². The van der Waals surface area contributed by atoms with Gasteiger partial charge in [0.15, 0.2) is 0 Å². The van der Waals surface area contributed by atoms with Crippen molar-refractivity contribution in [3.8, 4) is 0 Å². The van der Waals surface area contributed by atoms with Gasteiger partial charge in [-0.15, -0.1) is 0 Å². The molecule has 0 aliphatic heterocycles. The number of pyridine rings is 1. The number of hydrogen-bond donors (Lipinski definition) is 1. The molecule has 0 saturated carbocycles. The summed E-state index contributed by atoms with van der Waals surface area (Å²) in [7, 11) is -3.78. The molecule has 0 aliphatic carbocycles. The summed E-state index contributed by atoms with van der Waals surface area (Å²) in [6.07, 6.45) is 5.49. The van der Waals surface area contributed by atoms with Crippen molar-refractivity contribution in [1.29, 1.82) is 0 Å². The first-order valence-electron chi connectivity index (χ1n) is 9.81. The van der Waals surface area contributed by atoms with E-state index in [4.69, 9.17) is 0 Å². The summed E-state index contributed by atoms with van der Waals surface area (Å²) in [6, 6.07) is 15.3. The molecule has 0 saturated heterocycles. The Bertz CT molecular complexity index is 1120. The number of halogens is 1. The number of nitrogens with one attached hydrogen (secondary N) is 1. The maximum absolute atomic E-state index is 13.3. The van der Waals surface area contributed by atoms with Gasteiger partial charge in [0.25, 0.3) is 0 Å². The minimum Gasteiger partial charge on any atom is -0.324 e. The van der Waals surface area contributed by atoms with Crippen LogP contribution < -0.4 is 9.62 Å². The summed E-state index contributed by atoms with van der Waals surface area (Å²) in [5.74, 6) is -0.944. The van der Waals surface area contributed by atoms with Gasteiger partial charge in [0.05, 0.1) is 11.9 Å². The van der Waals surface area contributed by atoms with Gasteiger partial charge in [0.1, 0.15) is 11.9 Å². The molecule has 8 heteroatoms. The molecule has 0 spiro atoms. The number of rotatable bonds is 8. The van der Waals surface area contributed by atoms with Crippen LogP contribution in [0.5, 0.6) is 0 Å². The van der Waals surface area contributed by atoms with Crippen LogP contribution in [0.3, 0.4) is 0 Å². The van der Waals surface area contributed by atoms with E-state index < -0.39 is 27.8 Å². The molecule has 0 fully saturated rings. The van der Waals surface area contributed by atoms with E-state index in [0.29, 0.717) is 5.69 Å². The molecule has 1 heterocycles. The van der Waals surface area contributed by atoms with Crippen LogP contribution in [0.25, 0.3) is 0 Å². The highest BCUT2D eigenvalue weighted by molar-refractivity contribution is 7.92. The van der Waals surface area contributed by atoms with Crippen molar-refractivity contribution >= 4 is 27.3 Å². The lowest BCUT2D eigenvalue weighted by Gasteiger charge is -2.30. The number of amides is 1. The molecular weight excluding hydrogens is 417 g/mol. The minimum absolute atomic E-state index is 0.235. The Morgan fingerprint density at radius 3 is 2.13 bits per heavy atom. The molecule has 0 radical (unpaired) electrons. The lowest BCUT2D eigenvalue weighted by atomic mass is 10.1. The second-order valence-electron chi connectivity index (χ2n) is 7.18. The first-order valence-corrected chi connectivity index (χ1v) is 11.7. The Labute approximate surface area is 181 Å². The average molecular weight is 442 g/mol. The zero-order valence-corrected chi connectivity index (χ0v) is 18.1. The molecule has 0 unspecified atom stereocenters. The number of aromatic nitrogens is 1. The molecule has 6 nitrogen and oxygen atoms in total. The van der Waals surface area contributed by atoms with Crippen LogP contribution in [0.4, 0.5) is 15.8 Å². The number of hydrogen-bond acceptors (Lipinski definition) is 4. The smallest absolute Gasteiger partial charge is 0.248 e. The van der Waals surface area contributed by atoms with Crippen LogP contribution in [-0.4, -0.2) is 31.6 Å². The normalized spacial score (nSPS) is 12.2. The highest BCUT2D eigenvalue weighted by Gasteiger charge is 2.31. The molecule has 1 N–H and O–H groups in total. The number of sulfonamides is 1. The second-order valence-corrected chi connectivity index (χ2v) is 9.04. The number of carbonyl (C=O) groups is 1. The summed E-state index contributed by atoms with van der Waals surface area (Å²) in [5, 5.41) is 2.79. The Morgan fingerprint density at radius 2 is 1.58 bits per heavy atom. The minimum atomic E-state index is -3.78. The standard InChI is InChI=1S/C23H24FN3O3S/c1-3-22(27(31(2,29)30)21-10-6-19(24)7-11-21)23(28)26-20-8-4-17(5-9-20)16-18-12-14-25-15-13-18/h4-15,22H,3,16H2,1-2H3,(H,26,28)/t22-/m0/s1. The lowest BCUT2D eigenvalue weighted by Crippen LogP contribution is -2.47. The molecule has 0 aliphatic rings. The van der Waals surface area contributed by atoms with Gasteiger partial charge in [-0.25, -0.2) is 12.8 Å². The fourth-order valence-corrected chi connectivity index (χ4v) is 4.53. The van der Waals surface area contributed by atoms with Gasteiger partial charge in [0, 0.05) is 18.1 Å². The molecule has 162 valence electrons. The van der Waals surface area contributed by atoms with Gasteiger partial charge in [-0.3, -0.25) is 14.1 Å². The van der Waals surface area contributed by atoms with Gasteiger partial charge in [-0.05, 0) is 72.5 Å². The van der Waals surface area contributed by atoms with Crippen molar-refractivity contribution in [1.82, 2.24) is 4.98 Å². The number of nitrogens with zero attached hydrogens (tertiary/aromatic N) is 2. The predicted molar refractivity (Wildman–Crippen MR) is 120 cm³/mol. The molecule has 1 amide bonds. The molecule has 31 heavy (non-hydrogen) atoms. The maximum atomic E-state index is 13.3. The molecule has 2 aromatic carbocycles. The molecule has 3 aromatic rings. The van der Waals surface area contributed by atoms with Crippen LogP contribution in [0.2, 0.25) is 0 Å². The Morgan fingerprint density at radius 1 is 1.00 bits per heavy atom. The summed E-state index contributed by atoms with van der Waals surface area (Å²) >= 11 is 0. The van der Waals surface area contributed by atoms with Crippen LogP contribution in [0.15, 0.2) is 73.1 Å². The van der Waals surface area contributed by atoms with E-state index in [1.807, 2.05) is 24.3 Å². The molecule has 3 rings (SSSR count). The van der Waals surface area contributed by atoms with Crippen molar-refractivity contribution in [3.05, 3.63) is 90.0 Å². The van der Waals surface area contributed by atoms with Gasteiger partial charge < -0.3 is 5.32 Å². The highest BCUT2D eigenvalue weighted by atomic mass is 32.2. The van der Waals surface area contributed by atoms with Crippen LogP contribution in [0, 0.1) is 5.82 Å². The molecule has 1 aromatic heterocycles. The maximum Gasteiger partial charge on any atom is 0.248 e. The van der Waals surface area contributed by atoms with Crippen LogP contribution in [-0.2, 0) is 21.2 Å². The summed E-state index contributed by atoms with van der Waals surface area (Å²) in [6.45, 7) is 1.73. The van der Waals surface area contributed by atoms with Crippen molar-refractivity contribution in [3.63, 3.8) is 0 Å². The van der Waals surface area contributed by atoms with Crippen LogP contribution in [0.1, 0.15) is 24.5 Å². The number of anilines is 2. The summed E-state index contributed by atoms with van der Waals surface area (Å²) < 4.78 is 39.2. The Balaban J connectivity index is 1.77. The molecule has 0 bridgehead atoms. The van der Waals surface area contributed by atoms with E-state index in [1.165, 1.54) is 24.3 Å². The third-order valence-corrected chi connectivity index (χ3v) is 5.97. The fourth-order valence-electron chi connectivity index (χ4n) is 3.32. The Kier molecular flexibility index (Phi) is 7.02. The van der Waals surface area contributed by atoms with E-state index in [0.717, 1.165) is 28.1 Å². The summed E-state index contributed by atoms with van der Waals surface area (Å²) in [5.41, 5.74) is 2.99. The van der Waals surface area contributed by atoms with Crippen LogP contribution >= 0.6 is 0 Å². The Hall–Kier alpha value is -3.26. The van der Waals surface area contributed by atoms with Gasteiger partial charge in [0.2, 0.25) is 15.9 Å². The lowest BCUT2D eigenvalue weighted by molar-refractivity contribution is -0.117. The van der Waals surface area contributed by atoms with Crippen molar-refractivity contribution in [2.45, 2.75) is 25.8 Å². The van der Waals surface area contributed by atoms with E-state index in [9.17, 15) is 17.6 Å². The molecular formula is C23H24FN3O3S. The fraction of sp³-hybridized carbons (Fsp3) is 0.217. The SMILES string of the molecule is CC[C@@H](C(=O)Nc1ccc(Cc2ccncc2)cc1)N(c1ccc(F)cc1)S(C)(=O)=O. The first kappa shape index (κ1) is 22.4. The van der Waals surface area contributed by atoms with Crippen molar-refractivity contribution < 1.29 is 17.6 Å². The monoisotopic (exact) mass is 441 g/mol. The van der Waals surface area contributed by atoms with E-state index in [2.05, 4.69) is 10.3 Å². The number of carbonyl (C=O) groups excluding carboxylic acids is 1. The van der Waals surface area contributed by atoms with Gasteiger partial charge in [-0.2, -0.15) is 0 Å². The first-order chi connectivity index (χ1) is 14.8.